The number of sulfonamides is 1. The van der Waals surface area contributed by atoms with E-state index in [0.29, 0.717) is 0 Å². The summed E-state index contributed by atoms with van der Waals surface area (Å²) >= 11 is 0. The van der Waals surface area contributed by atoms with E-state index in [9.17, 15) is 18.5 Å². The highest BCUT2D eigenvalue weighted by molar-refractivity contribution is 7.88. The summed E-state index contributed by atoms with van der Waals surface area (Å²) in [6.45, 7) is 0. The minimum absolute atomic E-state index is 0.0185. The third kappa shape index (κ3) is 3.31. The van der Waals surface area contributed by atoms with Crippen molar-refractivity contribution in [1.82, 2.24) is 0 Å². The lowest BCUT2D eigenvalue weighted by molar-refractivity contribution is -0.385. The molecule has 18 heavy (non-hydrogen) atoms. The molecule has 0 unspecified atom stereocenters. The van der Waals surface area contributed by atoms with Crippen LogP contribution in [0.1, 0.15) is 5.56 Å². The fourth-order valence-electron chi connectivity index (χ4n) is 1.42. The highest BCUT2D eigenvalue weighted by Gasteiger charge is 2.21. The predicted molar refractivity (Wildman–Crippen MR) is 63.0 cm³/mol. The van der Waals surface area contributed by atoms with Crippen LogP contribution in [0.25, 0.3) is 0 Å². The first-order chi connectivity index (χ1) is 8.28. The Labute approximate surface area is 104 Å². The Kier molecular flexibility index (Phi) is 4.09. The number of ether oxygens (including phenoxy) is 2. The van der Waals surface area contributed by atoms with Crippen LogP contribution in [0.3, 0.4) is 0 Å². The molecule has 0 fully saturated rings. The lowest BCUT2D eigenvalue weighted by Gasteiger charge is -2.10. The molecule has 0 heterocycles. The van der Waals surface area contributed by atoms with Gasteiger partial charge in [0.2, 0.25) is 15.8 Å². The van der Waals surface area contributed by atoms with E-state index in [0.717, 1.165) is 6.07 Å². The fourth-order valence-corrected chi connectivity index (χ4v) is 2.08. The average molecular weight is 276 g/mol. The maximum absolute atomic E-state index is 11.0. The second-order valence-corrected chi connectivity index (χ2v) is 5.01. The molecule has 0 atom stereocenters. The first kappa shape index (κ1) is 14.2. The van der Waals surface area contributed by atoms with Gasteiger partial charge < -0.3 is 9.47 Å². The maximum Gasteiger partial charge on any atom is 0.311 e. The molecule has 8 nitrogen and oxygen atoms in total. The number of hydrogen-bond acceptors (Lipinski definition) is 6. The Balaban J connectivity index is 3.41. The zero-order chi connectivity index (χ0) is 13.9. The molecule has 0 saturated carbocycles. The molecule has 0 aromatic heterocycles. The molecule has 9 heteroatoms. The average Bonchev–Trinajstić information content (AvgIpc) is 2.26. The Hall–Kier alpha value is -1.87. The van der Waals surface area contributed by atoms with Gasteiger partial charge in [0.1, 0.15) is 5.75 Å². The normalized spacial score (nSPS) is 11.1. The molecule has 0 aliphatic heterocycles. The summed E-state index contributed by atoms with van der Waals surface area (Å²) in [6.07, 6.45) is 0. The summed E-state index contributed by atoms with van der Waals surface area (Å²) in [5.74, 6) is -0.414. The molecule has 2 N–H and O–H groups in total. The van der Waals surface area contributed by atoms with Gasteiger partial charge in [0.05, 0.1) is 24.9 Å². The molecular formula is C9H12N2O6S. The Bertz CT molecular complexity index is 569. The van der Waals surface area contributed by atoms with Crippen molar-refractivity contribution in [2.75, 3.05) is 14.2 Å². The van der Waals surface area contributed by atoms with Crippen LogP contribution < -0.4 is 14.6 Å². The van der Waals surface area contributed by atoms with E-state index in [1.165, 1.54) is 20.3 Å². The molecule has 0 spiro atoms. The monoisotopic (exact) mass is 276 g/mol. The molecule has 1 rings (SSSR count). The van der Waals surface area contributed by atoms with Crippen LogP contribution in [0.2, 0.25) is 0 Å². The number of hydrogen-bond donors (Lipinski definition) is 1. The molecule has 1 aromatic carbocycles. The van der Waals surface area contributed by atoms with Crippen molar-refractivity contribution in [3.05, 3.63) is 27.8 Å². The summed E-state index contributed by atoms with van der Waals surface area (Å²) < 4.78 is 31.8. The van der Waals surface area contributed by atoms with Crippen LogP contribution in [0.5, 0.6) is 11.5 Å². The third-order valence-electron chi connectivity index (χ3n) is 2.14. The van der Waals surface area contributed by atoms with Crippen LogP contribution in [0, 0.1) is 10.1 Å². The molecule has 100 valence electrons. The van der Waals surface area contributed by atoms with Crippen molar-refractivity contribution in [3.8, 4) is 11.5 Å². The van der Waals surface area contributed by atoms with Crippen molar-refractivity contribution in [2.45, 2.75) is 5.75 Å². The predicted octanol–water partition coefficient (Wildman–Crippen LogP) is 0.400. The largest absolute Gasteiger partial charge is 0.496 e. The molecule has 0 bridgehead atoms. The Morgan fingerprint density at radius 1 is 1.28 bits per heavy atom. The number of primary sulfonamides is 1. The van der Waals surface area contributed by atoms with E-state index >= 15 is 0 Å². The van der Waals surface area contributed by atoms with Crippen LogP contribution in [-0.2, 0) is 15.8 Å². The van der Waals surface area contributed by atoms with Crippen LogP contribution in [-0.4, -0.2) is 27.6 Å². The molecule has 0 saturated heterocycles. The minimum atomic E-state index is -3.82. The fraction of sp³-hybridized carbons (Fsp3) is 0.333. The summed E-state index contributed by atoms with van der Waals surface area (Å²) in [6, 6.07) is 2.32. The van der Waals surface area contributed by atoms with Crippen LogP contribution >= 0.6 is 0 Å². The van der Waals surface area contributed by atoms with E-state index in [2.05, 4.69) is 0 Å². The Morgan fingerprint density at radius 3 is 2.22 bits per heavy atom. The van der Waals surface area contributed by atoms with Gasteiger partial charge in [-0.2, -0.15) is 0 Å². The van der Waals surface area contributed by atoms with Gasteiger partial charge in [0.15, 0.2) is 0 Å². The lowest BCUT2D eigenvalue weighted by Crippen LogP contribution is -2.15. The number of nitrogens with two attached hydrogens (primary N) is 1. The summed E-state index contributed by atoms with van der Waals surface area (Å²) in [4.78, 5) is 10.1. The number of nitrogens with zero attached hydrogens (tertiary/aromatic N) is 1. The van der Waals surface area contributed by atoms with Crippen molar-refractivity contribution >= 4 is 15.7 Å². The number of benzene rings is 1. The highest BCUT2D eigenvalue weighted by Crippen LogP contribution is 2.34. The summed E-state index contributed by atoms with van der Waals surface area (Å²) in [5.41, 5.74) is -0.246. The van der Waals surface area contributed by atoms with E-state index in [-0.39, 0.29) is 22.7 Å². The van der Waals surface area contributed by atoms with Crippen molar-refractivity contribution in [3.63, 3.8) is 0 Å². The van der Waals surface area contributed by atoms with Gasteiger partial charge in [-0.15, -0.1) is 0 Å². The number of rotatable bonds is 5. The lowest BCUT2D eigenvalue weighted by atomic mass is 10.2. The first-order valence-electron chi connectivity index (χ1n) is 4.68. The van der Waals surface area contributed by atoms with Crippen molar-refractivity contribution in [2.24, 2.45) is 5.14 Å². The number of nitro benzene ring substituents is 1. The van der Waals surface area contributed by atoms with E-state index in [1.54, 1.807) is 0 Å². The van der Waals surface area contributed by atoms with Gasteiger partial charge in [-0.1, -0.05) is 0 Å². The molecule has 0 aliphatic carbocycles. The summed E-state index contributed by atoms with van der Waals surface area (Å²) in [5, 5.41) is 15.7. The van der Waals surface area contributed by atoms with Crippen molar-refractivity contribution < 1.29 is 22.8 Å². The standard InChI is InChI=1S/C9H12N2O6S/c1-16-8-4-9(17-2)7(11(12)13)3-6(8)5-18(10,14)15/h3-4H,5H2,1-2H3,(H2,10,14,15). The van der Waals surface area contributed by atoms with Gasteiger partial charge in [0, 0.05) is 17.7 Å². The smallest absolute Gasteiger partial charge is 0.311 e. The molecule has 1 aromatic rings. The zero-order valence-electron chi connectivity index (χ0n) is 9.74. The van der Waals surface area contributed by atoms with Gasteiger partial charge in [0.25, 0.3) is 0 Å². The van der Waals surface area contributed by atoms with Crippen LogP contribution in [0.4, 0.5) is 5.69 Å². The van der Waals surface area contributed by atoms with E-state index < -0.39 is 20.7 Å². The molecular weight excluding hydrogens is 264 g/mol. The number of methoxy groups -OCH3 is 2. The van der Waals surface area contributed by atoms with Gasteiger partial charge >= 0.3 is 5.69 Å². The molecule has 0 amide bonds. The molecule has 0 aliphatic rings. The van der Waals surface area contributed by atoms with Gasteiger partial charge in [-0.3, -0.25) is 10.1 Å². The zero-order valence-corrected chi connectivity index (χ0v) is 10.6. The maximum atomic E-state index is 11.0. The van der Waals surface area contributed by atoms with Gasteiger partial charge in [-0.05, 0) is 0 Å². The first-order valence-corrected chi connectivity index (χ1v) is 6.39. The second kappa shape index (κ2) is 5.19. The summed E-state index contributed by atoms with van der Waals surface area (Å²) in [7, 11) is -1.24. The minimum Gasteiger partial charge on any atom is -0.496 e. The van der Waals surface area contributed by atoms with E-state index in [1.807, 2.05) is 0 Å². The van der Waals surface area contributed by atoms with E-state index in [4.69, 9.17) is 14.6 Å². The SMILES string of the molecule is COc1cc(OC)c([N+](=O)[O-])cc1CS(N)(=O)=O. The number of nitro groups is 1. The quantitative estimate of drug-likeness (QED) is 0.613. The third-order valence-corrected chi connectivity index (χ3v) is 2.85. The van der Waals surface area contributed by atoms with Gasteiger partial charge in [-0.25, -0.2) is 13.6 Å². The highest BCUT2D eigenvalue weighted by atomic mass is 32.2. The topological polar surface area (TPSA) is 122 Å². The van der Waals surface area contributed by atoms with Crippen molar-refractivity contribution in [1.29, 1.82) is 0 Å². The van der Waals surface area contributed by atoms with Crippen LogP contribution in [0.15, 0.2) is 12.1 Å². The Morgan fingerprint density at radius 2 is 1.83 bits per heavy atom. The molecule has 0 radical (unpaired) electrons. The second-order valence-electron chi connectivity index (χ2n) is 3.40.